The van der Waals surface area contributed by atoms with Crippen molar-refractivity contribution in [2.75, 3.05) is 6.61 Å². The molecular formula is C19H20O5. The first kappa shape index (κ1) is 15.7. The highest BCUT2D eigenvalue weighted by Crippen LogP contribution is 2.36. The van der Waals surface area contributed by atoms with Crippen molar-refractivity contribution in [3.8, 4) is 0 Å². The second kappa shape index (κ2) is 7.01. The second-order valence-corrected chi connectivity index (χ2v) is 6.01. The summed E-state index contributed by atoms with van der Waals surface area (Å²) >= 11 is 0. The zero-order valence-electron chi connectivity index (χ0n) is 13.2. The van der Waals surface area contributed by atoms with Crippen LogP contribution in [0.1, 0.15) is 17.4 Å². The second-order valence-electron chi connectivity index (χ2n) is 6.01. The number of aliphatic hydroxyl groups is 1. The third-order valence-corrected chi connectivity index (χ3v) is 4.31. The van der Waals surface area contributed by atoms with Crippen LogP contribution in [0.3, 0.4) is 0 Å². The molecule has 2 heterocycles. The normalized spacial score (nSPS) is 32.5. The van der Waals surface area contributed by atoms with E-state index in [1.54, 1.807) is 0 Å². The molecule has 2 aliphatic heterocycles. The predicted molar refractivity (Wildman–Crippen MR) is 85.9 cm³/mol. The van der Waals surface area contributed by atoms with Crippen LogP contribution in [0.2, 0.25) is 0 Å². The summed E-state index contributed by atoms with van der Waals surface area (Å²) in [5, 5.41) is 10.5. The summed E-state index contributed by atoms with van der Waals surface area (Å²) in [6.07, 6.45) is -2.83. The van der Waals surface area contributed by atoms with Gasteiger partial charge < -0.3 is 24.1 Å². The molecule has 2 aromatic rings. The molecule has 0 aromatic heterocycles. The number of hydrogen-bond donors (Lipinski definition) is 1. The van der Waals surface area contributed by atoms with E-state index in [0.717, 1.165) is 11.1 Å². The lowest BCUT2D eigenvalue weighted by molar-refractivity contribution is -0.255. The van der Waals surface area contributed by atoms with Gasteiger partial charge in [-0.1, -0.05) is 60.7 Å². The van der Waals surface area contributed by atoms with Gasteiger partial charge in [-0.3, -0.25) is 0 Å². The molecule has 2 saturated heterocycles. The van der Waals surface area contributed by atoms with Crippen LogP contribution in [0.25, 0.3) is 0 Å². The molecule has 0 spiro atoms. The molecule has 126 valence electrons. The van der Waals surface area contributed by atoms with Gasteiger partial charge in [-0.05, 0) is 5.56 Å². The van der Waals surface area contributed by atoms with Gasteiger partial charge in [0, 0.05) is 5.56 Å². The first-order valence-corrected chi connectivity index (χ1v) is 8.12. The van der Waals surface area contributed by atoms with Crippen molar-refractivity contribution in [1.82, 2.24) is 0 Å². The van der Waals surface area contributed by atoms with E-state index in [2.05, 4.69) is 0 Å². The summed E-state index contributed by atoms with van der Waals surface area (Å²) in [7, 11) is 0. The fourth-order valence-electron chi connectivity index (χ4n) is 3.04. The van der Waals surface area contributed by atoms with Gasteiger partial charge in [-0.2, -0.15) is 0 Å². The largest absolute Gasteiger partial charge is 0.385 e. The van der Waals surface area contributed by atoms with E-state index in [4.69, 9.17) is 18.9 Å². The van der Waals surface area contributed by atoms with Gasteiger partial charge in [-0.25, -0.2) is 0 Å². The molecule has 0 saturated carbocycles. The molecule has 5 heteroatoms. The molecular weight excluding hydrogens is 308 g/mol. The Morgan fingerprint density at radius 1 is 0.958 bits per heavy atom. The van der Waals surface area contributed by atoms with Crippen LogP contribution in [0.15, 0.2) is 60.7 Å². The number of ether oxygens (including phenoxy) is 4. The standard InChI is InChI=1S/C19H20O5/c20-16-17-15(23-18(24-17)14-9-5-2-6-10-14)12-22-19(16)21-11-13-7-3-1-4-8-13/h1-10,15-20H,11-12H2/t15-,16+,17-,18+,19-/m0/s1. The topological polar surface area (TPSA) is 57.2 Å². The molecule has 2 fully saturated rings. The Kier molecular flexibility index (Phi) is 4.60. The summed E-state index contributed by atoms with van der Waals surface area (Å²) < 4.78 is 23.1. The Labute approximate surface area is 140 Å². The van der Waals surface area contributed by atoms with Gasteiger partial charge in [0.1, 0.15) is 18.3 Å². The minimum atomic E-state index is -0.888. The third kappa shape index (κ3) is 3.22. The van der Waals surface area contributed by atoms with Crippen molar-refractivity contribution in [2.24, 2.45) is 0 Å². The summed E-state index contributed by atoms with van der Waals surface area (Å²) in [6.45, 7) is 0.716. The Balaban J connectivity index is 1.38. The van der Waals surface area contributed by atoms with Crippen LogP contribution >= 0.6 is 0 Å². The monoisotopic (exact) mass is 328 g/mol. The Morgan fingerprint density at radius 3 is 2.42 bits per heavy atom. The minimum Gasteiger partial charge on any atom is -0.385 e. The molecule has 24 heavy (non-hydrogen) atoms. The highest BCUT2D eigenvalue weighted by molar-refractivity contribution is 5.17. The van der Waals surface area contributed by atoms with E-state index in [1.165, 1.54) is 0 Å². The Morgan fingerprint density at radius 2 is 1.67 bits per heavy atom. The van der Waals surface area contributed by atoms with Crippen LogP contribution in [-0.2, 0) is 25.6 Å². The predicted octanol–water partition coefficient (Wildman–Crippen LogP) is 2.40. The molecule has 2 aromatic carbocycles. The van der Waals surface area contributed by atoms with E-state index in [0.29, 0.717) is 13.2 Å². The van der Waals surface area contributed by atoms with Crippen LogP contribution in [0.5, 0.6) is 0 Å². The van der Waals surface area contributed by atoms with E-state index in [1.807, 2.05) is 60.7 Å². The van der Waals surface area contributed by atoms with Crippen molar-refractivity contribution in [3.63, 3.8) is 0 Å². The highest BCUT2D eigenvalue weighted by Gasteiger charge is 2.48. The molecule has 4 rings (SSSR count). The van der Waals surface area contributed by atoms with Crippen LogP contribution < -0.4 is 0 Å². The molecule has 5 nitrogen and oxygen atoms in total. The third-order valence-electron chi connectivity index (χ3n) is 4.31. The summed E-state index contributed by atoms with van der Waals surface area (Å²) in [5.74, 6) is 0. The maximum Gasteiger partial charge on any atom is 0.186 e. The molecule has 5 atom stereocenters. The molecule has 0 amide bonds. The fourth-order valence-corrected chi connectivity index (χ4v) is 3.04. The van der Waals surface area contributed by atoms with Crippen LogP contribution in [0.4, 0.5) is 0 Å². The smallest absolute Gasteiger partial charge is 0.186 e. The average molecular weight is 328 g/mol. The van der Waals surface area contributed by atoms with Crippen molar-refractivity contribution >= 4 is 0 Å². The first-order chi connectivity index (χ1) is 11.8. The molecule has 2 aliphatic rings. The van der Waals surface area contributed by atoms with Crippen LogP contribution in [-0.4, -0.2) is 36.3 Å². The highest BCUT2D eigenvalue weighted by atomic mass is 16.8. The zero-order chi connectivity index (χ0) is 16.4. The molecule has 0 bridgehead atoms. The lowest BCUT2D eigenvalue weighted by Crippen LogP contribution is -2.52. The summed E-state index contributed by atoms with van der Waals surface area (Å²) in [6, 6.07) is 19.5. The average Bonchev–Trinajstić information content (AvgIpc) is 3.08. The summed E-state index contributed by atoms with van der Waals surface area (Å²) in [4.78, 5) is 0. The van der Waals surface area contributed by atoms with E-state index in [9.17, 15) is 5.11 Å². The van der Waals surface area contributed by atoms with E-state index >= 15 is 0 Å². The zero-order valence-corrected chi connectivity index (χ0v) is 13.2. The maximum absolute atomic E-state index is 10.5. The summed E-state index contributed by atoms with van der Waals surface area (Å²) in [5.41, 5.74) is 1.96. The molecule has 0 aliphatic carbocycles. The van der Waals surface area contributed by atoms with Crippen molar-refractivity contribution < 1.29 is 24.1 Å². The number of aliphatic hydroxyl groups excluding tert-OH is 1. The number of hydrogen-bond acceptors (Lipinski definition) is 5. The van der Waals surface area contributed by atoms with E-state index in [-0.39, 0.29) is 6.10 Å². The fraction of sp³-hybridized carbons (Fsp3) is 0.368. The van der Waals surface area contributed by atoms with Crippen molar-refractivity contribution in [2.45, 2.75) is 37.5 Å². The molecule has 1 N–H and O–H groups in total. The lowest BCUT2D eigenvalue weighted by Gasteiger charge is -2.34. The van der Waals surface area contributed by atoms with Crippen molar-refractivity contribution in [3.05, 3.63) is 71.8 Å². The SMILES string of the molecule is O[C@H]1[C@@H](OCc2ccccc2)OC[C@@H]2O[C@@H](c3ccccc3)O[C@H]12. The van der Waals surface area contributed by atoms with Gasteiger partial charge in [0.25, 0.3) is 0 Å². The maximum atomic E-state index is 10.5. The quantitative estimate of drug-likeness (QED) is 0.934. The number of benzene rings is 2. The molecule has 0 unspecified atom stereocenters. The lowest BCUT2D eigenvalue weighted by atomic mass is 10.1. The van der Waals surface area contributed by atoms with Gasteiger partial charge in [0.15, 0.2) is 12.6 Å². The Bertz CT molecular complexity index is 647. The van der Waals surface area contributed by atoms with Gasteiger partial charge in [0.05, 0.1) is 13.2 Å². The Hall–Kier alpha value is -1.76. The van der Waals surface area contributed by atoms with Gasteiger partial charge in [0.2, 0.25) is 0 Å². The number of rotatable bonds is 4. The minimum absolute atomic E-state index is 0.290. The first-order valence-electron chi connectivity index (χ1n) is 8.12. The van der Waals surface area contributed by atoms with Gasteiger partial charge >= 0.3 is 0 Å². The molecule has 0 radical (unpaired) electrons. The van der Waals surface area contributed by atoms with Crippen LogP contribution in [0, 0.1) is 0 Å². The van der Waals surface area contributed by atoms with Gasteiger partial charge in [-0.15, -0.1) is 0 Å². The number of fused-ring (bicyclic) bond motifs is 1. The van der Waals surface area contributed by atoms with Crippen molar-refractivity contribution in [1.29, 1.82) is 0 Å². The van der Waals surface area contributed by atoms with E-state index < -0.39 is 24.8 Å².